The number of hydrogen-bond acceptors (Lipinski definition) is 2. The minimum Gasteiger partial charge on any atom is -1.00 e. The van der Waals surface area contributed by atoms with Crippen molar-refractivity contribution in [1.82, 2.24) is 0 Å². The number of hydrogen-bond donors (Lipinski definition) is 1. The maximum atomic E-state index is 10.4. The predicted octanol–water partition coefficient (Wildman–Crippen LogP) is 0.116. The molecule has 0 aromatic rings. The zero-order valence-electron chi connectivity index (χ0n) is 10.4. The van der Waals surface area contributed by atoms with Crippen LogP contribution in [-0.2, 0) is 10.1 Å². The first kappa shape index (κ1) is 18.7. The molecule has 0 aliphatic carbocycles. The molecule has 3 nitrogen and oxygen atoms in total. The van der Waals surface area contributed by atoms with Crippen LogP contribution in [-0.4, -0.2) is 24.1 Å². The van der Waals surface area contributed by atoms with Gasteiger partial charge in [-0.05, 0) is 12.8 Å². The van der Waals surface area contributed by atoms with Gasteiger partial charge in [0.1, 0.15) is 0 Å². The van der Waals surface area contributed by atoms with Crippen LogP contribution in [0.15, 0.2) is 0 Å². The molecule has 0 rings (SSSR count). The number of alkyl halides is 1. The van der Waals surface area contributed by atoms with Crippen molar-refractivity contribution in [1.29, 1.82) is 0 Å². The van der Waals surface area contributed by atoms with E-state index in [4.69, 9.17) is 4.55 Å². The summed E-state index contributed by atoms with van der Waals surface area (Å²) in [7, 11) is -3.73. The standard InChI is InChI=1S/C9H19BrO3S.Na.H/c10-8-6-4-2-1-3-5-7-9-14(11,12)13;;/h1-9H2,(H,11,12,13);;/q;+1;-1. The number of unbranched alkanes of at least 4 members (excludes halogenated alkanes) is 6. The summed E-state index contributed by atoms with van der Waals surface area (Å²) >= 11 is 3.37. The molecule has 0 radical (unpaired) electrons. The summed E-state index contributed by atoms with van der Waals surface area (Å²) in [5, 5.41) is 1.07. The van der Waals surface area contributed by atoms with E-state index in [1.807, 2.05) is 0 Å². The largest absolute Gasteiger partial charge is 1.00 e. The van der Waals surface area contributed by atoms with Gasteiger partial charge >= 0.3 is 29.6 Å². The molecule has 0 aliphatic heterocycles. The zero-order chi connectivity index (χ0) is 10.9. The Labute approximate surface area is 125 Å². The van der Waals surface area contributed by atoms with Crippen LogP contribution < -0.4 is 29.6 Å². The average Bonchev–Trinajstić information content (AvgIpc) is 2.08. The monoisotopic (exact) mass is 310 g/mol. The maximum absolute atomic E-state index is 10.4. The summed E-state index contributed by atoms with van der Waals surface area (Å²) < 4.78 is 29.2. The third-order valence-electron chi connectivity index (χ3n) is 2.04. The Morgan fingerprint density at radius 3 is 1.73 bits per heavy atom. The second kappa shape index (κ2) is 11.9. The van der Waals surface area contributed by atoms with E-state index < -0.39 is 10.1 Å². The van der Waals surface area contributed by atoms with Crippen LogP contribution >= 0.6 is 15.9 Å². The van der Waals surface area contributed by atoms with Crippen molar-refractivity contribution < 1.29 is 44.0 Å². The molecule has 0 aromatic carbocycles. The molecule has 0 unspecified atom stereocenters. The minimum atomic E-state index is -3.73. The molecule has 88 valence electrons. The summed E-state index contributed by atoms with van der Waals surface area (Å²) in [4.78, 5) is 0. The van der Waals surface area contributed by atoms with E-state index in [9.17, 15) is 8.42 Å². The average molecular weight is 311 g/mol. The first-order valence-electron chi connectivity index (χ1n) is 5.07. The molecule has 0 spiro atoms. The van der Waals surface area contributed by atoms with Gasteiger partial charge < -0.3 is 1.43 Å². The van der Waals surface area contributed by atoms with Gasteiger partial charge in [-0.15, -0.1) is 0 Å². The van der Waals surface area contributed by atoms with Gasteiger partial charge in [-0.1, -0.05) is 48.0 Å². The van der Waals surface area contributed by atoms with Crippen molar-refractivity contribution in [3.05, 3.63) is 0 Å². The SMILES string of the molecule is O=S(=O)(O)CCCCCCCCCBr.[H-].[Na+]. The van der Waals surface area contributed by atoms with Crippen LogP contribution in [0, 0.1) is 0 Å². The fourth-order valence-corrected chi connectivity index (χ4v) is 2.23. The van der Waals surface area contributed by atoms with Crippen LogP contribution in [0.1, 0.15) is 46.4 Å². The first-order chi connectivity index (χ1) is 6.56. The molecule has 0 heterocycles. The van der Waals surface area contributed by atoms with E-state index in [0.29, 0.717) is 6.42 Å². The predicted molar refractivity (Wildman–Crippen MR) is 63.6 cm³/mol. The third-order valence-corrected chi connectivity index (χ3v) is 3.40. The van der Waals surface area contributed by atoms with Crippen LogP contribution in [0.5, 0.6) is 0 Å². The molecule has 0 fully saturated rings. The summed E-state index contributed by atoms with van der Waals surface area (Å²) in [5.41, 5.74) is 0. The van der Waals surface area contributed by atoms with E-state index in [2.05, 4.69) is 15.9 Å². The van der Waals surface area contributed by atoms with E-state index in [0.717, 1.165) is 18.2 Å². The van der Waals surface area contributed by atoms with Gasteiger partial charge in [0.2, 0.25) is 0 Å². The fraction of sp³-hybridized carbons (Fsp3) is 1.00. The minimum absolute atomic E-state index is 0. The van der Waals surface area contributed by atoms with Crippen LogP contribution in [0.4, 0.5) is 0 Å². The van der Waals surface area contributed by atoms with Gasteiger partial charge in [0.05, 0.1) is 5.75 Å². The third kappa shape index (κ3) is 18.0. The number of rotatable bonds is 9. The molecule has 0 aromatic heterocycles. The Morgan fingerprint density at radius 2 is 1.33 bits per heavy atom. The molecular weight excluding hydrogens is 291 g/mol. The molecular formula is C9H20BrNaO3S. The van der Waals surface area contributed by atoms with Crippen molar-refractivity contribution >= 4 is 26.0 Å². The quantitative estimate of drug-likeness (QED) is 0.285. The van der Waals surface area contributed by atoms with Gasteiger partial charge in [0, 0.05) is 5.33 Å². The number of halogens is 1. The van der Waals surface area contributed by atoms with Crippen molar-refractivity contribution in [3.63, 3.8) is 0 Å². The molecule has 15 heavy (non-hydrogen) atoms. The first-order valence-corrected chi connectivity index (χ1v) is 7.80. The van der Waals surface area contributed by atoms with E-state index in [-0.39, 0.29) is 36.7 Å². The molecule has 6 heteroatoms. The Hall–Kier alpha value is 1.39. The molecule has 0 atom stereocenters. The molecule has 0 saturated heterocycles. The van der Waals surface area contributed by atoms with Crippen molar-refractivity contribution in [2.45, 2.75) is 44.9 Å². The van der Waals surface area contributed by atoms with Crippen molar-refractivity contribution in [2.24, 2.45) is 0 Å². The van der Waals surface area contributed by atoms with Gasteiger partial charge in [0.25, 0.3) is 10.1 Å². The second-order valence-electron chi connectivity index (χ2n) is 3.45. The van der Waals surface area contributed by atoms with Crippen LogP contribution in [0.3, 0.4) is 0 Å². The van der Waals surface area contributed by atoms with Crippen molar-refractivity contribution in [2.75, 3.05) is 11.1 Å². The van der Waals surface area contributed by atoms with E-state index >= 15 is 0 Å². The Morgan fingerprint density at radius 1 is 0.933 bits per heavy atom. The van der Waals surface area contributed by atoms with Gasteiger partial charge in [-0.3, -0.25) is 4.55 Å². The van der Waals surface area contributed by atoms with Crippen LogP contribution in [0.25, 0.3) is 0 Å². The van der Waals surface area contributed by atoms with Gasteiger partial charge in [0.15, 0.2) is 0 Å². The molecule has 0 aliphatic rings. The molecule has 0 bridgehead atoms. The molecule has 1 N–H and O–H groups in total. The van der Waals surface area contributed by atoms with Gasteiger partial charge in [-0.25, -0.2) is 0 Å². The van der Waals surface area contributed by atoms with Crippen molar-refractivity contribution in [3.8, 4) is 0 Å². The normalized spacial score (nSPS) is 11.1. The Kier molecular flexibility index (Phi) is 14.8. The maximum Gasteiger partial charge on any atom is 1.00 e. The summed E-state index contributed by atoms with van der Waals surface area (Å²) in [6.07, 6.45) is 7.38. The summed E-state index contributed by atoms with van der Waals surface area (Å²) in [6, 6.07) is 0. The fourth-order valence-electron chi connectivity index (χ4n) is 1.26. The van der Waals surface area contributed by atoms with Crippen LogP contribution in [0.2, 0.25) is 0 Å². The summed E-state index contributed by atoms with van der Waals surface area (Å²) in [6.45, 7) is 0. The van der Waals surface area contributed by atoms with E-state index in [1.54, 1.807) is 0 Å². The molecule has 0 saturated carbocycles. The van der Waals surface area contributed by atoms with Gasteiger partial charge in [-0.2, -0.15) is 8.42 Å². The smallest absolute Gasteiger partial charge is 1.00 e. The van der Waals surface area contributed by atoms with E-state index in [1.165, 1.54) is 25.7 Å². The zero-order valence-corrected chi connectivity index (χ0v) is 13.8. The Bertz CT molecular complexity index is 225. The summed E-state index contributed by atoms with van der Waals surface area (Å²) in [5.74, 6) is -0.0889. The second-order valence-corrected chi connectivity index (χ2v) is 5.81. The molecule has 0 amide bonds. The Balaban J connectivity index is -0.000000845. The topological polar surface area (TPSA) is 54.4 Å².